The molecule has 1 saturated heterocycles. The van der Waals surface area contributed by atoms with E-state index in [0.717, 1.165) is 12.8 Å². The second-order valence-electron chi connectivity index (χ2n) is 6.56. The first kappa shape index (κ1) is 20.4. The lowest BCUT2D eigenvalue weighted by molar-refractivity contribution is 0.0980. The third-order valence-corrected chi connectivity index (χ3v) is 4.57. The average molecular weight is 399 g/mol. The maximum absolute atomic E-state index is 12.5. The van der Waals surface area contributed by atoms with Gasteiger partial charge in [0.25, 0.3) is 5.91 Å². The standard InChI is InChI=1S/C20H25N5O4/c1-3-29-20(27)25-11-8-14(9-12-25)23-19-21-10-7-17(24-19)18(26)22-15-5-4-6-16(13-15)28-2/h4-7,10,13-14H,3,8-9,11-12H2,1-2H3,(H,22,26)(H,21,23,24). The number of hydrogen-bond acceptors (Lipinski definition) is 7. The Bertz CT molecular complexity index is 852. The molecule has 2 amide bonds. The van der Waals surface area contributed by atoms with Crippen LogP contribution in [0.25, 0.3) is 0 Å². The van der Waals surface area contributed by atoms with Gasteiger partial charge in [0, 0.05) is 37.1 Å². The van der Waals surface area contributed by atoms with Crippen LogP contribution in [0.5, 0.6) is 5.75 Å². The molecule has 1 aliphatic heterocycles. The fourth-order valence-electron chi connectivity index (χ4n) is 3.05. The van der Waals surface area contributed by atoms with Crippen molar-refractivity contribution in [3.63, 3.8) is 0 Å². The van der Waals surface area contributed by atoms with Crippen LogP contribution < -0.4 is 15.4 Å². The molecule has 0 radical (unpaired) electrons. The minimum atomic E-state index is -0.333. The molecule has 2 aromatic rings. The highest BCUT2D eigenvalue weighted by atomic mass is 16.6. The maximum atomic E-state index is 12.5. The Labute approximate surface area is 169 Å². The molecule has 3 rings (SSSR count). The third kappa shape index (κ3) is 5.56. The summed E-state index contributed by atoms with van der Waals surface area (Å²) in [6.45, 7) is 3.37. The molecule has 0 spiro atoms. The summed E-state index contributed by atoms with van der Waals surface area (Å²) in [5.41, 5.74) is 0.878. The fourth-order valence-corrected chi connectivity index (χ4v) is 3.05. The van der Waals surface area contributed by atoms with E-state index in [9.17, 15) is 9.59 Å². The van der Waals surface area contributed by atoms with Crippen molar-refractivity contribution in [3.8, 4) is 5.75 Å². The normalized spacial score (nSPS) is 14.2. The molecule has 9 nitrogen and oxygen atoms in total. The van der Waals surface area contributed by atoms with E-state index < -0.39 is 0 Å². The summed E-state index contributed by atoms with van der Waals surface area (Å²) in [4.78, 5) is 34.5. The Hall–Kier alpha value is -3.36. The Morgan fingerprint density at radius 2 is 2.03 bits per heavy atom. The van der Waals surface area contributed by atoms with Crippen molar-refractivity contribution in [1.29, 1.82) is 0 Å². The summed E-state index contributed by atoms with van der Waals surface area (Å²) in [7, 11) is 1.57. The van der Waals surface area contributed by atoms with Gasteiger partial charge in [0.1, 0.15) is 11.4 Å². The van der Waals surface area contributed by atoms with Gasteiger partial charge in [0.15, 0.2) is 0 Å². The molecule has 154 valence electrons. The zero-order valence-electron chi connectivity index (χ0n) is 16.6. The summed E-state index contributed by atoms with van der Waals surface area (Å²) in [6.07, 6.45) is 2.77. The van der Waals surface area contributed by atoms with Crippen LogP contribution in [0.1, 0.15) is 30.3 Å². The average Bonchev–Trinajstić information content (AvgIpc) is 2.75. The lowest BCUT2D eigenvalue weighted by Gasteiger charge is -2.31. The Balaban J connectivity index is 1.57. The van der Waals surface area contributed by atoms with Gasteiger partial charge in [-0.1, -0.05) is 6.07 Å². The topological polar surface area (TPSA) is 106 Å². The second kappa shape index (κ2) is 9.72. The van der Waals surface area contributed by atoms with Crippen molar-refractivity contribution in [2.45, 2.75) is 25.8 Å². The smallest absolute Gasteiger partial charge is 0.409 e. The first-order valence-corrected chi connectivity index (χ1v) is 9.55. The van der Waals surface area contributed by atoms with Crippen molar-refractivity contribution >= 4 is 23.6 Å². The highest BCUT2D eigenvalue weighted by Crippen LogP contribution is 2.18. The molecule has 0 bridgehead atoms. The number of amides is 2. The van der Waals surface area contributed by atoms with Crippen LogP contribution in [0.2, 0.25) is 0 Å². The van der Waals surface area contributed by atoms with E-state index in [1.165, 1.54) is 0 Å². The molecule has 0 aliphatic carbocycles. The number of methoxy groups -OCH3 is 1. The van der Waals surface area contributed by atoms with Gasteiger partial charge in [0.05, 0.1) is 13.7 Å². The van der Waals surface area contributed by atoms with Gasteiger partial charge in [-0.05, 0) is 38.0 Å². The maximum Gasteiger partial charge on any atom is 0.409 e. The van der Waals surface area contributed by atoms with Crippen molar-refractivity contribution < 1.29 is 19.1 Å². The van der Waals surface area contributed by atoms with E-state index in [1.54, 1.807) is 55.5 Å². The van der Waals surface area contributed by atoms with Gasteiger partial charge in [-0.3, -0.25) is 4.79 Å². The lowest BCUT2D eigenvalue weighted by Crippen LogP contribution is -2.42. The Morgan fingerprint density at radius 1 is 1.24 bits per heavy atom. The number of aromatic nitrogens is 2. The van der Waals surface area contributed by atoms with Crippen molar-refractivity contribution in [2.24, 2.45) is 0 Å². The number of likely N-dealkylation sites (tertiary alicyclic amines) is 1. The predicted molar refractivity (Wildman–Crippen MR) is 108 cm³/mol. The summed E-state index contributed by atoms with van der Waals surface area (Å²) in [5.74, 6) is 0.709. The number of rotatable bonds is 6. The quantitative estimate of drug-likeness (QED) is 0.769. The van der Waals surface area contributed by atoms with Crippen LogP contribution in [0, 0.1) is 0 Å². The molecule has 0 unspecified atom stereocenters. The first-order valence-electron chi connectivity index (χ1n) is 9.55. The molecular weight excluding hydrogens is 374 g/mol. The molecule has 1 fully saturated rings. The molecule has 1 aliphatic rings. The van der Waals surface area contributed by atoms with Gasteiger partial charge in [-0.15, -0.1) is 0 Å². The summed E-state index contributed by atoms with van der Waals surface area (Å²) in [5, 5.41) is 6.05. The summed E-state index contributed by atoms with van der Waals surface area (Å²) in [6, 6.07) is 8.79. The van der Waals surface area contributed by atoms with Gasteiger partial charge >= 0.3 is 6.09 Å². The zero-order valence-corrected chi connectivity index (χ0v) is 16.6. The summed E-state index contributed by atoms with van der Waals surface area (Å²) < 4.78 is 10.2. The molecule has 2 N–H and O–H groups in total. The van der Waals surface area contributed by atoms with E-state index in [1.807, 2.05) is 0 Å². The van der Waals surface area contributed by atoms with E-state index in [2.05, 4.69) is 20.6 Å². The van der Waals surface area contributed by atoms with Crippen molar-refractivity contribution in [1.82, 2.24) is 14.9 Å². The van der Waals surface area contributed by atoms with Gasteiger partial charge in [-0.2, -0.15) is 0 Å². The molecule has 29 heavy (non-hydrogen) atoms. The highest BCUT2D eigenvalue weighted by Gasteiger charge is 2.24. The molecule has 0 atom stereocenters. The van der Waals surface area contributed by atoms with Gasteiger partial charge in [-0.25, -0.2) is 14.8 Å². The van der Waals surface area contributed by atoms with Crippen LogP contribution in [0.3, 0.4) is 0 Å². The molecule has 1 aromatic heterocycles. The number of piperidine rings is 1. The second-order valence-corrected chi connectivity index (χ2v) is 6.56. The van der Waals surface area contributed by atoms with Crippen molar-refractivity contribution in [3.05, 3.63) is 42.2 Å². The molecule has 0 saturated carbocycles. The van der Waals surface area contributed by atoms with Crippen LogP contribution in [-0.4, -0.2) is 59.7 Å². The molecular formula is C20H25N5O4. The largest absolute Gasteiger partial charge is 0.497 e. The van der Waals surface area contributed by atoms with Crippen LogP contribution >= 0.6 is 0 Å². The minimum Gasteiger partial charge on any atom is -0.497 e. The van der Waals surface area contributed by atoms with Gasteiger partial charge in [0.2, 0.25) is 5.95 Å². The van der Waals surface area contributed by atoms with Crippen LogP contribution in [0.4, 0.5) is 16.4 Å². The van der Waals surface area contributed by atoms with Gasteiger partial charge < -0.3 is 25.0 Å². The Kier molecular flexibility index (Phi) is 6.83. The monoisotopic (exact) mass is 399 g/mol. The number of hydrogen-bond donors (Lipinski definition) is 2. The number of nitrogens with one attached hydrogen (secondary N) is 2. The number of ether oxygens (including phenoxy) is 2. The highest BCUT2D eigenvalue weighted by molar-refractivity contribution is 6.03. The number of anilines is 2. The summed E-state index contributed by atoms with van der Waals surface area (Å²) >= 11 is 0. The van der Waals surface area contributed by atoms with E-state index >= 15 is 0 Å². The number of nitrogens with zero attached hydrogens (tertiary/aromatic N) is 3. The Morgan fingerprint density at radius 3 is 2.76 bits per heavy atom. The lowest BCUT2D eigenvalue weighted by atomic mass is 10.1. The van der Waals surface area contributed by atoms with E-state index in [4.69, 9.17) is 9.47 Å². The number of benzene rings is 1. The predicted octanol–water partition coefficient (Wildman–Crippen LogP) is 2.77. The molecule has 2 heterocycles. The fraction of sp³-hybridized carbons (Fsp3) is 0.400. The van der Waals surface area contributed by atoms with Crippen molar-refractivity contribution in [2.75, 3.05) is 37.4 Å². The zero-order chi connectivity index (χ0) is 20.6. The first-order chi connectivity index (χ1) is 14.1. The van der Waals surface area contributed by atoms with Crippen LogP contribution in [-0.2, 0) is 4.74 Å². The minimum absolute atomic E-state index is 0.123. The van der Waals surface area contributed by atoms with E-state index in [-0.39, 0.29) is 23.7 Å². The third-order valence-electron chi connectivity index (χ3n) is 4.57. The number of carbonyl (C=O) groups is 2. The van der Waals surface area contributed by atoms with E-state index in [0.29, 0.717) is 37.1 Å². The number of carbonyl (C=O) groups excluding carboxylic acids is 2. The SMILES string of the molecule is CCOC(=O)N1CCC(Nc2nccc(C(=O)Nc3cccc(OC)c3)n2)CC1. The molecule has 1 aromatic carbocycles. The molecule has 9 heteroatoms. The van der Waals surface area contributed by atoms with Crippen LogP contribution in [0.15, 0.2) is 36.5 Å².